The van der Waals surface area contributed by atoms with Gasteiger partial charge in [0.15, 0.2) is 0 Å². The minimum absolute atomic E-state index is 0.432. The van der Waals surface area contributed by atoms with E-state index in [9.17, 15) is 4.79 Å². The number of hydrogen-bond donors (Lipinski definition) is 2. The number of carbonyl (C=O) groups excluding carboxylic acids is 1. The lowest BCUT2D eigenvalue weighted by atomic mass is 10.2. The summed E-state index contributed by atoms with van der Waals surface area (Å²) in [6, 6.07) is 7.06. The van der Waals surface area contributed by atoms with Crippen molar-refractivity contribution in [2.75, 3.05) is 52.0 Å². The molecule has 1 aromatic rings. The van der Waals surface area contributed by atoms with E-state index in [0.29, 0.717) is 45.1 Å². The number of nitrogens with two attached hydrogens (primary N) is 1. The molecule has 0 saturated heterocycles. The Morgan fingerprint density at radius 2 is 1.85 bits per heavy atom. The maximum Gasteiger partial charge on any atom is 0.248 e. The molecule has 6 nitrogen and oxygen atoms in total. The van der Waals surface area contributed by atoms with Crippen LogP contribution in [0.2, 0.25) is 0 Å². The summed E-state index contributed by atoms with van der Waals surface area (Å²) < 4.78 is 15.5. The Morgan fingerprint density at radius 1 is 1.15 bits per heavy atom. The first-order valence-electron chi connectivity index (χ1n) is 6.52. The monoisotopic (exact) mass is 282 g/mol. The van der Waals surface area contributed by atoms with Crippen molar-refractivity contribution in [2.45, 2.75) is 0 Å². The Kier molecular flexibility index (Phi) is 8.37. The van der Waals surface area contributed by atoms with Crippen molar-refractivity contribution in [1.82, 2.24) is 0 Å². The van der Waals surface area contributed by atoms with Crippen LogP contribution in [0.5, 0.6) is 0 Å². The van der Waals surface area contributed by atoms with Crippen molar-refractivity contribution in [3.05, 3.63) is 29.8 Å². The first-order valence-corrected chi connectivity index (χ1v) is 6.52. The van der Waals surface area contributed by atoms with Crippen LogP contribution in [-0.4, -0.2) is 52.6 Å². The van der Waals surface area contributed by atoms with Crippen molar-refractivity contribution in [2.24, 2.45) is 5.73 Å². The normalized spacial score (nSPS) is 10.4. The maximum atomic E-state index is 11.0. The highest BCUT2D eigenvalue weighted by Gasteiger charge is 2.00. The van der Waals surface area contributed by atoms with Crippen LogP contribution < -0.4 is 11.1 Å². The number of carbonyl (C=O) groups is 1. The van der Waals surface area contributed by atoms with Crippen LogP contribution in [0, 0.1) is 0 Å². The molecule has 0 aliphatic carbocycles. The van der Waals surface area contributed by atoms with E-state index < -0.39 is 5.91 Å². The van der Waals surface area contributed by atoms with Crippen LogP contribution in [0.4, 0.5) is 5.69 Å². The summed E-state index contributed by atoms with van der Waals surface area (Å²) in [5.41, 5.74) is 6.55. The standard InChI is InChI=1S/C14H22N2O4/c1-18-7-8-20-10-9-19-6-5-16-13-4-2-3-12(11-13)14(15)17/h2-4,11,16H,5-10H2,1H3,(H2,15,17). The third-order valence-electron chi connectivity index (χ3n) is 2.53. The van der Waals surface area contributed by atoms with Gasteiger partial charge in [0.05, 0.1) is 33.0 Å². The second-order valence-corrected chi connectivity index (χ2v) is 4.09. The van der Waals surface area contributed by atoms with Crippen LogP contribution >= 0.6 is 0 Å². The molecular formula is C14H22N2O4. The molecule has 0 radical (unpaired) electrons. The fourth-order valence-electron chi connectivity index (χ4n) is 1.51. The Morgan fingerprint density at radius 3 is 2.55 bits per heavy atom. The van der Waals surface area contributed by atoms with Crippen molar-refractivity contribution < 1.29 is 19.0 Å². The van der Waals surface area contributed by atoms with Crippen LogP contribution in [0.15, 0.2) is 24.3 Å². The second kappa shape index (κ2) is 10.2. The molecule has 6 heteroatoms. The highest BCUT2D eigenvalue weighted by molar-refractivity contribution is 5.93. The maximum absolute atomic E-state index is 11.0. The first kappa shape index (κ1) is 16.4. The Labute approximate surface area is 119 Å². The summed E-state index contributed by atoms with van der Waals surface area (Å²) in [4.78, 5) is 11.0. The number of primary amides is 1. The molecule has 0 aliphatic heterocycles. The molecule has 0 aliphatic rings. The number of ether oxygens (including phenoxy) is 3. The number of anilines is 1. The van der Waals surface area contributed by atoms with Crippen molar-refractivity contribution in [3.63, 3.8) is 0 Å². The molecule has 0 fully saturated rings. The van der Waals surface area contributed by atoms with Gasteiger partial charge in [-0.2, -0.15) is 0 Å². The van der Waals surface area contributed by atoms with Gasteiger partial charge in [-0.25, -0.2) is 0 Å². The van der Waals surface area contributed by atoms with Crippen molar-refractivity contribution >= 4 is 11.6 Å². The molecule has 1 aromatic carbocycles. The average Bonchev–Trinajstić information content (AvgIpc) is 2.46. The summed E-state index contributed by atoms with van der Waals surface area (Å²) in [6.45, 7) is 3.50. The van der Waals surface area contributed by atoms with Gasteiger partial charge in [0.1, 0.15) is 0 Å². The highest BCUT2D eigenvalue weighted by Crippen LogP contribution is 2.09. The lowest BCUT2D eigenvalue weighted by Crippen LogP contribution is -2.14. The van der Waals surface area contributed by atoms with Gasteiger partial charge in [0, 0.05) is 24.9 Å². The van der Waals surface area contributed by atoms with E-state index in [1.807, 2.05) is 6.07 Å². The minimum atomic E-state index is -0.432. The Hall–Kier alpha value is -1.63. The average molecular weight is 282 g/mol. The number of hydrogen-bond acceptors (Lipinski definition) is 5. The molecule has 1 amide bonds. The number of amides is 1. The number of nitrogens with one attached hydrogen (secondary N) is 1. The molecule has 112 valence electrons. The van der Waals surface area contributed by atoms with E-state index in [1.54, 1.807) is 25.3 Å². The molecule has 0 heterocycles. The zero-order chi connectivity index (χ0) is 14.6. The smallest absolute Gasteiger partial charge is 0.248 e. The lowest BCUT2D eigenvalue weighted by molar-refractivity contribution is 0.0272. The van der Waals surface area contributed by atoms with E-state index >= 15 is 0 Å². The van der Waals surface area contributed by atoms with E-state index in [0.717, 1.165) is 5.69 Å². The van der Waals surface area contributed by atoms with Crippen LogP contribution in [0.1, 0.15) is 10.4 Å². The molecule has 3 N–H and O–H groups in total. The van der Waals surface area contributed by atoms with Gasteiger partial charge in [0.25, 0.3) is 0 Å². The summed E-state index contributed by atoms with van der Waals surface area (Å²) in [5.74, 6) is -0.432. The van der Waals surface area contributed by atoms with Crippen LogP contribution in [-0.2, 0) is 14.2 Å². The zero-order valence-electron chi connectivity index (χ0n) is 11.8. The predicted molar refractivity (Wildman–Crippen MR) is 77.0 cm³/mol. The van der Waals surface area contributed by atoms with Crippen LogP contribution in [0.25, 0.3) is 0 Å². The Bertz CT molecular complexity index is 399. The summed E-state index contributed by atoms with van der Waals surface area (Å²) in [5, 5.41) is 3.16. The molecule has 0 aromatic heterocycles. The fourth-order valence-corrected chi connectivity index (χ4v) is 1.51. The molecule has 1 rings (SSSR count). The molecule has 0 spiro atoms. The lowest BCUT2D eigenvalue weighted by Gasteiger charge is -2.08. The molecule has 20 heavy (non-hydrogen) atoms. The summed E-state index contributed by atoms with van der Waals surface area (Å²) in [7, 11) is 1.64. The van der Waals surface area contributed by atoms with Gasteiger partial charge < -0.3 is 25.3 Å². The van der Waals surface area contributed by atoms with Gasteiger partial charge in [-0.1, -0.05) is 6.07 Å². The quantitative estimate of drug-likeness (QED) is 0.589. The van der Waals surface area contributed by atoms with Gasteiger partial charge in [0.2, 0.25) is 5.91 Å². The van der Waals surface area contributed by atoms with E-state index in [2.05, 4.69) is 5.32 Å². The third kappa shape index (κ3) is 7.08. The topological polar surface area (TPSA) is 82.8 Å². The van der Waals surface area contributed by atoms with E-state index in [1.165, 1.54) is 0 Å². The van der Waals surface area contributed by atoms with Gasteiger partial charge in [-0.15, -0.1) is 0 Å². The van der Waals surface area contributed by atoms with Gasteiger partial charge in [-0.3, -0.25) is 4.79 Å². The Balaban J connectivity index is 2.06. The largest absolute Gasteiger partial charge is 0.383 e. The molecule has 0 atom stereocenters. The zero-order valence-corrected chi connectivity index (χ0v) is 11.8. The van der Waals surface area contributed by atoms with Gasteiger partial charge in [-0.05, 0) is 18.2 Å². The van der Waals surface area contributed by atoms with E-state index in [4.69, 9.17) is 19.9 Å². The SMILES string of the molecule is COCCOCCOCCNc1cccc(C(N)=O)c1. The molecule has 0 bridgehead atoms. The van der Waals surface area contributed by atoms with Crippen LogP contribution in [0.3, 0.4) is 0 Å². The second-order valence-electron chi connectivity index (χ2n) is 4.09. The van der Waals surface area contributed by atoms with E-state index in [-0.39, 0.29) is 0 Å². The number of methoxy groups -OCH3 is 1. The minimum Gasteiger partial charge on any atom is -0.383 e. The molecular weight excluding hydrogens is 260 g/mol. The third-order valence-corrected chi connectivity index (χ3v) is 2.53. The summed E-state index contributed by atoms with van der Waals surface area (Å²) >= 11 is 0. The molecule has 0 unspecified atom stereocenters. The van der Waals surface area contributed by atoms with Crippen molar-refractivity contribution in [1.29, 1.82) is 0 Å². The molecule has 0 saturated carbocycles. The summed E-state index contributed by atoms with van der Waals surface area (Å²) in [6.07, 6.45) is 0. The number of rotatable bonds is 11. The van der Waals surface area contributed by atoms with Crippen molar-refractivity contribution in [3.8, 4) is 0 Å². The number of benzene rings is 1. The predicted octanol–water partition coefficient (Wildman–Crippen LogP) is 0.877. The first-order chi connectivity index (χ1) is 9.74. The highest BCUT2D eigenvalue weighted by atomic mass is 16.5. The van der Waals surface area contributed by atoms with Gasteiger partial charge >= 0.3 is 0 Å². The fraction of sp³-hybridized carbons (Fsp3) is 0.500.